The van der Waals surface area contributed by atoms with Crippen molar-refractivity contribution in [2.45, 2.75) is 120 Å². The maximum Gasteiger partial charge on any atom is 0.241 e. The van der Waals surface area contributed by atoms with Crippen molar-refractivity contribution in [2.24, 2.45) is 0 Å². The summed E-state index contributed by atoms with van der Waals surface area (Å²) in [6.07, 6.45) is 1.96. The molecule has 0 aliphatic carbocycles. The molecule has 368 valence electrons. The third-order valence-electron chi connectivity index (χ3n) is 14.4. The van der Waals surface area contributed by atoms with Gasteiger partial charge >= 0.3 is 0 Å². The number of para-hydroxylation sites is 1. The molecule has 0 unspecified atom stereocenters. The smallest absolute Gasteiger partial charge is 0.241 e. The van der Waals surface area contributed by atoms with E-state index in [0.717, 1.165) is 61.4 Å². The molecule has 2 aromatic heterocycles. The molecule has 0 aliphatic rings. The standard InChI is InChI=1S/C66H69BN3O.Pt/c1-40-31-42(3)59(43(4)32-40)67(60-44(5)33-41(2)34-45(60)6)51-29-30-68-56(39-51)48-24-19-23-47(35-48)52-25-20-26-58-61(52)69-63(54-37-50(65(10,11)12)38-55(62(54)71)66(13,14)15)70(58)57-28-27-49(64(7,8)9)36-53(57)46-21-17-16-18-22-46;/h16-34,36-39,71H,1-15H3;/q-1;. The van der Waals surface area contributed by atoms with Crippen molar-refractivity contribution in [2.75, 3.05) is 0 Å². The maximum atomic E-state index is 12.6. The fraction of sp³-hybridized carbons (Fsp3) is 0.273. The molecular formula is C66H69BN3OPt-. The van der Waals surface area contributed by atoms with Gasteiger partial charge in [0.25, 0.3) is 0 Å². The maximum absolute atomic E-state index is 12.6. The third kappa shape index (κ3) is 9.95. The van der Waals surface area contributed by atoms with E-state index in [9.17, 15) is 5.11 Å². The molecule has 2 heterocycles. The number of phenols is 1. The van der Waals surface area contributed by atoms with Gasteiger partial charge in [-0.1, -0.05) is 208 Å². The van der Waals surface area contributed by atoms with Crippen LogP contribution < -0.4 is 16.4 Å². The minimum Gasteiger partial charge on any atom is -0.507 e. The van der Waals surface area contributed by atoms with Gasteiger partial charge in [-0.3, -0.25) is 9.55 Å². The average molecular weight is 1130 g/mol. The van der Waals surface area contributed by atoms with Crippen LogP contribution in [0.4, 0.5) is 0 Å². The summed E-state index contributed by atoms with van der Waals surface area (Å²) >= 11 is 0. The molecule has 0 amide bonds. The first-order valence-electron chi connectivity index (χ1n) is 25.2. The first-order valence-corrected chi connectivity index (χ1v) is 25.2. The van der Waals surface area contributed by atoms with Gasteiger partial charge in [0, 0.05) is 44.1 Å². The van der Waals surface area contributed by atoms with Crippen molar-refractivity contribution in [1.82, 2.24) is 14.5 Å². The number of fused-ring (bicyclic) bond motifs is 1. The Labute approximate surface area is 444 Å². The third-order valence-corrected chi connectivity index (χ3v) is 14.4. The summed E-state index contributed by atoms with van der Waals surface area (Å²) in [5.41, 5.74) is 23.6. The van der Waals surface area contributed by atoms with E-state index in [2.05, 4.69) is 248 Å². The summed E-state index contributed by atoms with van der Waals surface area (Å²) < 4.78 is 2.28. The van der Waals surface area contributed by atoms with E-state index >= 15 is 0 Å². The summed E-state index contributed by atoms with van der Waals surface area (Å²) in [5, 5.41) is 12.6. The number of benzene rings is 7. The Morgan fingerprint density at radius 1 is 0.528 bits per heavy atom. The minimum absolute atomic E-state index is 0. The molecule has 0 radical (unpaired) electrons. The molecule has 0 saturated carbocycles. The first kappa shape index (κ1) is 52.0. The van der Waals surface area contributed by atoms with Crippen LogP contribution in [-0.2, 0) is 37.3 Å². The molecule has 4 nitrogen and oxygen atoms in total. The van der Waals surface area contributed by atoms with E-state index in [1.807, 2.05) is 6.20 Å². The monoisotopic (exact) mass is 1130 g/mol. The van der Waals surface area contributed by atoms with Gasteiger partial charge in [0.2, 0.25) is 6.71 Å². The van der Waals surface area contributed by atoms with Crippen molar-refractivity contribution in [3.05, 3.63) is 196 Å². The second kappa shape index (κ2) is 19.6. The molecule has 9 rings (SSSR count). The van der Waals surface area contributed by atoms with Crippen molar-refractivity contribution in [3.63, 3.8) is 0 Å². The van der Waals surface area contributed by atoms with Crippen LogP contribution in [0, 0.1) is 47.6 Å². The van der Waals surface area contributed by atoms with E-state index in [1.165, 1.54) is 55.3 Å². The zero-order chi connectivity index (χ0) is 50.9. The van der Waals surface area contributed by atoms with Crippen LogP contribution in [0.15, 0.2) is 140 Å². The molecule has 0 atom stereocenters. The zero-order valence-electron chi connectivity index (χ0n) is 45.0. The van der Waals surface area contributed by atoms with Gasteiger partial charge in [-0.2, -0.15) is 0 Å². The molecular weight excluding hydrogens is 1060 g/mol. The molecule has 1 N–H and O–H groups in total. The number of nitrogens with zero attached hydrogens (tertiary/aromatic N) is 3. The number of aryl methyl sites for hydroxylation is 6. The molecule has 0 fully saturated rings. The van der Waals surface area contributed by atoms with Crippen LogP contribution in [-0.4, -0.2) is 26.4 Å². The molecule has 9 aromatic rings. The number of aromatic hydroxyl groups is 1. The molecule has 6 heteroatoms. The summed E-state index contributed by atoms with van der Waals surface area (Å²) in [6, 6.07) is 52.2. The Hall–Kier alpha value is -6.29. The second-order valence-corrected chi connectivity index (χ2v) is 23.2. The largest absolute Gasteiger partial charge is 0.507 e. The van der Waals surface area contributed by atoms with E-state index < -0.39 is 0 Å². The topological polar surface area (TPSA) is 50.9 Å². The van der Waals surface area contributed by atoms with Crippen LogP contribution in [0.2, 0.25) is 0 Å². The van der Waals surface area contributed by atoms with Crippen LogP contribution in [0.3, 0.4) is 0 Å². The summed E-state index contributed by atoms with van der Waals surface area (Å²) in [4.78, 5) is 10.7. The molecule has 0 spiro atoms. The molecule has 0 saturated heterocycles. The number of imidazole rings is 1. The average Bonchev–Trinajstić information content (AvgIpc) is 3.69. The SMILES string of the molecule is Cc1cc(C)c(B(c2ccnc(-c3[c-]c(-c4cccc5c4nc(-c4cc(C(C)(C)C)cc(C(C)(C)C)c4O)n5-c4ccc(C(C)(C)C)cc4-c4ccccc4)ccc3)c2)c2c(C)cc(C)cc2C)c(C)c1.[Pt]. The summed E-state index contributed by atoms with van der Waals surface area (Å²) in [6.45, 7) is 33.4. The van der Waals surface area contributed by atoms with Crippen LogP contribution in [0.5, 0.6) is 5.75 Å². The van der Waals surface area contributed by atoms with Gasteiger partial charge in [0.05, 0.1) is 22.3 Å². The molecule has 7 aromatic carbocycles. The van der Waals surface area contributed by atoms with Gasteiger partial charge in [0.15, 0.2) is 0 Å². The Balaban J connectivity index is 0.00000693. The predicted molar refractivity (Wildman–Crippen MR) is 303 cm³/mol. The second-order valence-electron chi connectivity index (χ2n) is 23.2. The molecule has 72 heavy (non-hydrogen) atoms. The zero-order valence-corrected chi connectivity index (χ0v) is 47.2. The van der Waals surface area contributed by atoms with Crippen molar-refractivity contribution in [3.8, 4) is 56.3 Å². The number of aromatic nitrogens is 3. The Morgan fingerprint density at radius 2 is 1.10 bits per heavy atom. The van der Waals surface area contributed by atoms with Gasteiger partial charge in [-0.15, -0.1) is 29.8 Å². The number of phenolic OH excluding ortho intramolecular Hbond substituents is 1. The fourth-order valence-corrected chi connectivity index (χ4v) is 10.9. The summed E-state index contributed by atoms with van der Waals surface area (Å²) in [5.74, 6) is 0.934. The molecule has 0 bridgehead atoms. The van der Waals surface area contributed by atoms with E-state index in [-0.39, 0.29) is 49.8 Å². The van der Waals surface area contributed by atoms with Gasteiger partial charge in [-0.05, 0) is 105 Å². The van der Waals surface area contributed by atoms with E-state index in [4.69, 9.17) is 9.97 Å². The van der Waals surface area contributed by atoms with Gasteiger partial charge < -0.3 is 5.11 Å². The number of hydrogen-bond acceptors (Lipinski definition) is 3. The van der Waals surface area contributed by atoms with Gasteiger partial charge in [-0.25, -0.2) is 4.98 Å². The number of pyridine rings is 1. The van der Waals surface area contributed by atoms with Crippen LogP contribution in [0.1, 0.15) is 112 Å². The first-order chi connectivity index (χ1) is 33.5. The fourth-order valence-electron chi connectivity index (χ4n) is 10.9. The Kier molecular flexibility index (Phi) is 14.2. The van der Waals surface area contributed by atoms with Gasteiger partial charge in [0.1, 0.15) is 11.6 Å². The summed E-state index contributed by atoms with van der Waals surface area (Å²) in [7, 11) is 0. The van der Waals surface area contributed by atoms with E-state index in [0.29, 0.717) is 11.4 Å². The van der Waals surface area contributed by atoms with Crippen molar-refractivity contribution in [1.29, 1.82) is 0 Å². The van der Waals surface area contributed by atoms with E-state index in [1.54, 1.807) is 0 Å². The Morgan fingerprint density at radius 3 is 1.68 bits per heavy atom. The van der Waals surface area contributed by atoms with Crippen molar-refractivity contribution < 1.29 is 26.2 Å². The number of hydrogen-bond donors (Lipinski definition) is 1. The predicted octanol–water partition coefficient (Wildman–Crippen LogP) is 14.9. The normalized spacial score (nSPS) is 12.0. The van der Waals surface area contributed by atoms with Crippen LogP contribution in [0.25, 0.3) is 61.6 Å². The quantitative estimate of drug-likeness (QED) is 0.122. The van der Waals surface area contributed by atoms with Crippen molar-refractivity contribution >= 4 is 34.1 Å². The minimum atomic E-state index is -0.331. The number of rotatable bonds is 8. The van der Waals surface area contributed by atoms with Crippen LogP contribution >= 0.6 is 0 Å². The molecule has 0 aliphatic heterocycles. The Bertz CT molecular complexity index is 3410.